The summed E-state index contributed by atoms with van der Waals surface area (Å²) in [6.07, 6.45) is -9.24. The minimum atomic E-state index is -5.11. The Bertz CT molecular complexity index is 1150. The minimum absolute atomic E-state index is 0.0173. The van der Waals surface area contributed by atoms with Gasteiger partial charge in [-0.25, -0.2) is 4.68 Å². The van der Waals surface area contributed by atoms with Crippen molar-refractivity contribution in [2.75, 3.05) is 5.32 Å². The fraction of sp³-hybridized carbons (Fsp3) is 0.188. The van der Waals surface area contributed by atoms with Gasteiger partial charge in [-0.3, -0.25) is 4.79 Å². The van der Waals surface area contributed by atoms with Gasteiger partial charge in [-0.1, -0.05) is 5.10 Å². The Labute approximate surface area is 168 Å². The molecule has 1 amide bonds. The van der Waals surface area contributed by atoms with Gasteiger partial charge < -0.3 is 15.4 Å². The lowest BCUT2D eigenvalue weighted by molar-refractivity contribution is -0.392. The third-order valence-electron chi connectivity index (χ3n) is 3.99. The quantitative estimate of drug-likeness (QED) is 0.371. The van der Waals surface area contributed by atoms with Crippen LogP contribution in [-0.4, -0.2) is 30.4 Å². The van der Waals surface area contributed by atoms with Crippen LogP contribution in [0.2, 0.25) is 0 Å². The molecule has 3 aromatic rings. The second-order valence-electron chi connectivity index (χ2n) is 6.09. The van der Waals surface area contributed by atoms with Gasteiger partial charge in [0.2, 0.25) is 0 Å². The maximum Gasteiger partial charge on any atom is 0.435 e. The Kier molecular flexibility index (Phi) is 5.21. The first-order chi connectivity index (χ1) is 14.3. The van der Waals surface area contributed by atoms with Crippen LogP contribution >= 0.6 is 0 Å². The van der Waals surface area contributed by atoms with Crippen molar-refractivity contribution in [3.05, 3.63) is 63.6 Å². The van der Waals surface area contributed by atoms with Crippen molar-refractivity contribution in [3.8, 4) is 5.69 Å². The van der Waals surface area contributed by atoms with Crippen molar-refractivity contribution in [1.82, 2.24) is 19.6 Å². The molecule has 31 heavy (non-hydrogen) atoms. The molecule has 15 heteroatoms. The van der Waals surface area contributed by atoms with E-state index in [1.165, 1.54) is 7.05 Å². The number of nitrogens with zero attached hydrogens (tertiary/aromatic N) is 5. The molecular weight excluding hydrogens is 438 g/mol. The number of aromatic nitrogens is 4. The van der Waals surface area contributed by atoms with Gasteiger partial charge >= 0.3 is 18.2 Å². The van der Waals surface area contributed by atoms with Crippen molar-refractivity contribution in [3.63, 3.8) is 0 Å². The SMILES string of the molecule is Cn1ncc(C(=O)Nc2ccc(-n3nc(C(F)(F)F)cc3C(F)(F)F)cc2)c1[N+](=O)[O-]. The van der Waals surface area contributed by atoms with E-state index in [1.807, 2.05) is 0 Å². The normalized spacial score (nSPS) is 12.1. The fourth-order valence-electron chi connectivity index (χ4n) is 2.61. The molecule has 0 saturated carbocycles. The van der Waals surface area contributed by atoms with Gasteiger partial charge in [-0.05, 0) is 29.2 Å². The lowest BCUT2D eigenvalue weighted by atomic mass is 10.2. The number of hydrogen-bond acceptors (Lipinski definition) is 5. The van der Waals surface area contributed by atoms with Crippen LogP contribution in [0.5, 0.6) is 0 Å². The van der Waals surface area contributed by atoms with Gasteiger partial charge in [-0.15, -0.1) is 4.68 Å². The number of halogens is 6. The molecule has 0 radical (unpaired) electrons. The number of carbonyl (C=O) groups is 1. The van der Waals surface area contributed by atoms with Crippen LogP contribution in [0.1, 0.15) is 21.7 Å². The fourth-order valence-corrected chi connectivity index (χ4v) is 2.61. The second-order valence-corrected chi connectivity index (χ2v) is 6.09. The van der Waals surface area contributed by atoms with Gasteiger partial charge in [0.1, 0.15) is 12.7 Å². The number of nitrogens with one attached hydrogen (secondary N) is 1. The molecule has 0 unspecified atom stereocenters. The first-order valence-electron chi connectivity index (χ1n) is 8.11. The smallest absolute Gasteiger partial charge is 0.358 e. The molecule has 1 aromatic carbocycles. The molecule has 2 aromatic heterocycles. The third-order valence-corrected chi connectivity index (χ3v) is 3.99. The Balaban J connectivity index is 1.90. The van der Waals surface area contributed by atoms with Gasteiger partial charge in [0.05, 0.1) is 11.9 Å². The summed E-state index contributed by atoms with van der Waals surface area (Å²) in [5.74, 6) is -1.50. The average molecular weight is 448 g/mol. The molecule has 0 saturated heterocycles. The first-order valence-corrected chi connectivity index (χ1v) is 8.11. The number of rotatable bonds is 4. The number of benzene rings is 1. The molecule has 1 N–H and O–H groups in total. The van der Waals surface area contributed by atoms with Crippen LogP contribution in [0.3, 0.4) is 0 Å². The minimum Gasteiger partial charge on any atom is -0.358 e. The predicted molar refractivity (Wildman–Crippen MR) is 91.4 cm³/mol. The largest absolute Gasteiger partial charge is 0.435 e. The highest BCUT2D eigenvalue weighted by molar-refractivity contribution is 6.06. The Morgan fingerprint density at radius 2 is 1.71 bits per heavy atom. The molecule has 2 heterocycles. The molecule has 9 nitrogen and oxygen atoms in total. The summed E-state index contributed by atoms with van der Waals surface area (Å²) in [4.78, 5) is 22.5. The van der Waals surface area contributed by atoms with Crippen molar-refractivity contribution >= 4 is 17.4 Å². The van der Waals surface area contributed by atoms with Crippen LogP contribution in [0.25, 0.3) is 5.69 Å². The van der Waals surface area contributed by atoms with Crippen LogP contribution in [-0.2, 0) is 19.4 Å². The first kappa shape index (κ1) is 21.8. The monoisotopic (exact) mass is 448 g/mol. The zero-order chi connectivity index (χ0) is 23.1. The summed E-state index contributed by atoms with van der Waals surface area (Å²) in [6.45, 7) is 0. The van der Waals surface area contributed by atoms with Crippen molar-refractivity contribution in [1.29, 1.82) is 0 Å². The lowest BCUT2D eigenvalue weighted by Gasteiger charge is -2.11. The highest BCUT2D eigenvalue weighted by atomic mass is 19.4. The lowest BCUT2D eigenvalue weighted by Crippen LogP contribution is -2.15. The molecule has 0 bridgehead atoms. The van der Waals surface area contributed by atoms with Gasteiger partial charge in [-0.2, -0.15) is 31.4 Å². The number of amides is 1. The second kappa shape index (κ2) is 7.41. The molecule has 0 aliphatic carbocycles. The molecule has 0 spiro atoms. The van der Waals surface area contributed by atoms with Crippen molar-refractivity contribution in [2.45, 2.75) is 12.4 Å². The molecule has 164 valence electrons. The Morgan fingerprint density at radius 1 is 1.10 bits per heavy atom. The number of nitro groups is 1. The van der Waals surface area contributed by atoms with E-state index in [2.05, 4.69) is 15.5 Å². The number of hydrogen-bond donors (Lipinski definition) is 1. The number of alkyl halides is 6. The van der Waals surface area contributed by atoms with Gasteiger partial charge in [0, 0.05) is 11.8 Å². The van der Waals surface area contributed by atoms with Crippen LogP contribution in [0.4, 0.5) is 37.8 Å². The van der Waals surface area contributed by atoms with Crippen LogP contribution in [0, 0.1) is 10.1 Å². The van der Waals surface area contributed by atoms with E-state index >= 15 is 0 Å². The van der Waals surface area contributed by atoms with E-state index in [0.717, 1.165) is 35.1 Å². The van der Waals surface area contributed by atoms with E-state index in [1.54, 1.807) is 0 Å². The van der Waals surface area contributed by atoms with Gasteiger partial charge in [0.25, 0.3) is 5.91 Å². The zero-order valence-electron chi connectivity index (χ0n) is 15.2. The number of carbonyl (C=O) groups excluding carboxylic acids is 1. The summed E-state index contributed by atoms with van der Waals surface area (Å²) < 4.78 is 78.7. The topological polar surface area (TPSA) is 108 Å². The summed E-state index contributed by atoms with van der Waals surface area (Å²) in [5.41, 5.74) is -4.06. The van der Waals surface area contributed by atoms with E-state index in [-0.39, 0.29) is 27.7 Å². The molecular formula is C16H10F6N6O3. The zero-order valence-corrected chi connectivity index (χ0v) is 15.2. The molecule has 3 rings (SSSR count). The van der Waals surface area contributed by atoms with Crippen LogP contribution in [0.15, 0.2) is 36.5 Å². The maximum absolute atomic E-state index is 13.1. The molecule has 0 fully saturated rings. The summed E-state index contributed by atoms with van der Waals surface area (Å²) in [5, 5.41) is 19.9. The predicted octanol–water partition coefficient (Wildman–Crippen LogP) is 3.80. The maximum atomic E-state index is 13.1. The van der Waals surface area contributed by atoms with Crippen molar-refractivity contribution < 1.29 is 36.1 Å². The number of anilines is 1. The van der Waals surface area contributed by atoms with E-state index < -0.39 is 40.4 Å². The molecule has 0 aliphatic heterocycles. The van der Waals surface area contributed by atoms with Crippen LogP contribution < -0.4 is 5.32 Å². The molecule has 0 aliphatic rings. The summed E-state index contributed by atoms with van der Waals surface area (Å²) in [7, 11) is 1.25. The van der Waals surface area contributed by atoms with E-state index in [9.17, 15) is 41.3 Å². The van der Waals surface area contributed by atoms with E-state index in [4.69, 9.17) is 0 Å². The highest BCUT2D eigenvalue weighted by Gasteiger charge is 2.42. The highest BCUT2D eigenvalue weighted by Crippen LogP contribution is 2.36. The summed E-state index contributed by atoms with van der Waals surface area (Å²) >= 11 is 0. The average Bonchev–Trinajstić information content (AvgIpc) is 3.26. The van der Waals surface area contributed by atoms with Gasteiger partial charge in [0.15, 0.2) is 11.3 Å². The standard InChI is InChI=1S/C16H10F6N6O3/c1-26-14(28(30)31)10(7-23-26)13(29)24-8-2-4-9(5-3-8)27-12(16(20,21)22)6-11(25-27)15(17,18)19/h2-7H,1H3,(H,24,29). The molecule has 0 atom stereocenters. The third kappa shape index (κ3) is 4.34. The summed E-state index contributed by atoms with van der Waals surface area (Å²) in [6, 6.07) is 4.08. The van der Waals surface area contributed by atoms with E-state index in [0.29, 0.717) is 0 Å². The Hall–Kier alpha value is -3.91. The van der Waals surface area contributed by atoms with Crippen molar-refractivity contribution in [2.24, 2.45) is 7.05 Å². The Morgan fingerprint density at radius 3 is 2.23 bits per heavy atom. The number of aryl methyl sites for hydroxylation is 1.